The fraction of sp³-hybridized carbons (Fsp3) is 0.375. The van der Waals surface area contributed by atoms with E-state index in [9.17, 15) is 4.79 Å². The number of carbonyl (C=O) groups excluding carboxylic acids is 1. The van der Waals surface area contributed by atoms with E-state index >= 15 is 0 Å². The van der Waals surface area contributed by atoms with Crippen LogP contribution in [0.5, 0.6) is 11.5 Å². The maximum Gasteiger partial charge on any atom is 0.226 e. The standard InChI is InChI=1S/C16H21N3O3S/c1-21-13-4-3-11(7-14(13)22-2)9-18-15(20)8-12-10-23-16(19-12)5-6-17/h3-4,7,10H,5-6,8-9,17H2,1-2H3,(H,18,20). The maximum atomic E-state index is 12.0. The number of rotatable bonds is 8. The Balaban J connectivity index is 1.88. The zero-order chi connectivity index (χ0) is 16.7. The van der Waals surface area contributed by atoms with Crippen LogP contribution in [0.4, 0.5) is 0 Å². The fourth-order valence-electron chi connectivity index (χ4n) is 2.09. The number of nitrogens with one attached hydrogen (secondary N) is 1. The Morgan fingerprint density at radius 2 is 2.09 bits per heavy atom. The van der Waals surface area contributed by atoms with E-state index in [2.05, 4.69) is 10.3 Å². The monoisotopic (exact) mass is 335 g/mol. The van der Waals surface area contributed by atoms with Crippen molar-refractivity contribution < 1.29 is 14.3 Å². The van der Waals surface area contributed by atoms with Crippen LogP contribution in [0.2, 0.25) is 0 Å². The summed E-state index contributed by atoms with van der Waals surface area (Å²) in [5.41, 5.74) is 7.22. The summed E-state index contributed by atoms with van der Waals surface area (Å²) in [6.07, 6.45) is 1.02. The molecule has 0 aliphatic rings. The topological polar surface area (TPSA) is 86.5 Å². The molecule has 0 unspecified atom stereocenters. The quantitative estimate of drug-likeness (QED) is 0.764. The van der Waals surface area contributed by atoms with Gasteiger partial charge in [0.2, 0.25) is 5.91 Å². The summed E-state index contributed by atoms with van der Waals surface area (Å²) in [6, 6.07) is 5.56. The molecule has 0 saturated carbocycles. The van der Waals surface area contributed by atoms with Crippen LogP contribution in [0.1, 0.15) is 16.3 Å². The van der Waals surface area contributed by atoms with Gasteiger partial charge in [-0.1, -0.05) is 6.07 Å². The highest BCUT2D eigenvalue weighted by molar-refractivity contribution is 7.09. The number of amides is 1. The van der Waals surface area contributed by atoms with Gasteiger partial charge < -0.3 is 20.5 Å². The smallest absolute Gasteiger partial charge is 0.226 e. The average Bonchev–Trinajstić information content (AvgIpc) is 3.00. The molecule has 2 rings (SSSR count). The normalized spacial score (nSPS) is 10.4. The lowest BCUT2D eigenvalue weighted by Crippen LogP contribution is -2.24. The molecule has 2 aromatic rings. The number of hydrogen-bond donors (Lipinski definition) is 2. The van der Waals surface area contributed by atoms with Crippen LogP contribution in [0.25, 0.3) is 0 Å². The minimum absolute atomic E-state index is 0.0654. The predicted octanol–water partition coefficient (Wildman–Crippen LogP) is 1.52. The fourth-order valence-corrected chi connectivity index (χ4v) is 2.90. The van der Waals surface area contributed by atoms with Crippen molar-refractivity contribution >= 4 is 17.2 Å². The molecule has 7 heteroatoms. The summed E-state index contributed by atoms with van der Waals surface area (Å²) < 4.78 is 10.4. The molecule has 0 radical (unpaired) electrons. The first kappa shape index (κ1) is 17.2. The van der Waals surface area contributed by atoms with Crippen molar-refractivity contribution in [3.8, 4) is 11.5 Å². The largest absolute Gasteiger partial charge is 0.493 e. The molecule has 0 bridgehead atoms. The molecule has 1 aromatic carbocycles. The zero-order valence-corrected chi connectivity index (χ0v) is 14.1. The van der Waals surface area contributed by atoms with E-state index in [0.29, 0.717) is 24.6 Å². The van der Waals surface area contributed by atoms with E-state index in [-0.39, 0.29) is 12.3 Å². The van der Waals surface area contributed by atoms with E-state index in [0.717, 1.165) is 22.7 Å². The molecule has 124 valence electrons. The first-order valence-electron chi connectivity index (χ1n) is 7.27. The summed E-state index contributed by atoms with van der Waals surface area (Å²) in [4.78, 5) is 16.4. The minimum Gasteiger partial charge on any atom is -0.493 e. The van der Waals surface area contributed by atoms with Crippen molar-refractivity contribution in [2.24, 2.45) is 5.73 Å². The van der Waals surface area contributed by atoms with Crippen molar-refractivity contribution in [2.75, 3.05) is 20.8 Å². The maximum absolute atomic E-state index is 12.0. The first-order chi connectivity index (χ1) is 11.2. The van der Waals surface area contributed by atoms with Crippen LogP contribution in [0.15, 0.2) is 23.6 Å². The van der Waals surface area contributed by atoms with E-state index in [1.54, 1.807) is 14.2 Å². The van der Waals surface area contributed by atoms with Gasteiger partial charge in [-0.3, -0.25) is 4.79 Å². The number of methoxy groups -OCH3 is 2. The van der Waals surface area contributed by atoms with Crippen LogP contribution in [-0.4, -0.2) is 31.7 Å². The summed E-state index contributed by atoms with van der Waals surface area (Å²) in [6.45, 7) is 0.997. The third kappa shape index (κ3) is 4.94. The molecule has 1 aromatic heterocycles. The summed E-state index contributed by atoms with van der Waals surface area (Å²) in [5.74, 6) is 1.24. The summed E-state index contributed by atoms with van der Waals surface area (Å²) in [5, 5.41) is 5.75. The molecule has 0 atom stereocenters. The van der Waals surface area contributed by atoms with Gasteiger partial charge in [0.15, 0.2) is 11.5 Å². The van der Waals surface area contributed by atoms with E-state index < -0.39 is 0 Å². The van der Waals surface area contributed by atoms with Gasteiger partial charge >= 0.3 is 0 Å². The summed E-state index contributed by atoms with van der Waals surface area (Å²) in [7, 11) is 3.17. The van der Waals surface area contributed by atoms with Crippen LogP contribution in [0, 0.1) is 0 Å². The van der Waals surface area contributed by atoms with Crippen molar-refractivity contribution in [1.82, 2.24) is 10.3 Å². The Kier molecular flexibility index (Phi) is 6.37. The highest BCUT2D eigenvalue weighted by atomic mass is 32.1. The van der Waals surface area contributed by atoms with Gasteiger partial charge in [0, 0.05) is 18.3 Å². The van der Waals surface area contributed by atoms with E-state index in [4.69, 9.17) is 15.2 Å². The van der Waals surface area contributed by atoms with Crippen molar-refractivity contribution in [1.29, 1.82) is 0 Å². The molecule has 0 aliphatic heterocycles. The van der Waals surface area contributed by atoms with Crippen LogP contribution < -0.4 is 20.5 Å². The van der Waals surface area contributed by atoms with Gasteiger partial charge in [0.25, 0.3) is 0 Å². The van der Waals surface area contributed by atoms with Gasteiger partial charge in [-0.15, -0.1) is 11.3 Å². The van der Waals surface area contributed by atoms with Crippen LogP contribution >= 0.6 is 11.3 Å². The molecule has 3 N–H and O–H groups in total. The second kappa shape index (κ2) is 8.50. The highest BCUT2D eigenvalue weighted by Crippen LogP contribution is 2.27. The Hall–Kier alpha value is -2.12. The Bertz CT molecular complexity index is 658. The van der Waals surface area contributed by atoms with Crippen LogP contribution in [-0.2, 0) is 24.2 Å². The molecule has 0 saturated heterocycles. The Morgan fingerprint density at radius 3 is 2.78 bits per heavy atom. The number of hydrogen-bond acceptors (Lipinski definition) is 6. The molecular weight excluding hydrogens is 314 g/mol. The van der Waals surface area contributed by atoms with Crippen molar-refractivity contribution in [2.45, 2.75) is 19.4 Å². The second-order valence-corrected chi connectivity index (χ2v) is 5.86. The van der Waals surface area contributed by atoms with Crippen molar-refractivity contribution in [3.63, 3.8) is 0 Å². The molecule has 6 nitrogen and oxygen atoms in total. The molecule has 1 heterocycles. The first-order valence-corrected chi connectivity index (χ1v) is 8.15. The van der Waals surface area contributed by atoms with Gasteiger partial charge in [0.05, 0.1) is 31.3 Å². The SMILES string of the molecule is COc1ccc(CNC(=O)Cc2csc(CCN)n2)cc1OC. The average molecular weight is 335 g/mol. The number of benzene rings is 1. The number of aromatic nitrogens is 1. The van der Waals surface area contributed by atoms with Gasteiger partial charge in [-0.25, -0.2) is 4.98 Å². The lowest BCUT2D eigenvalue weighted by Gasteiger charge is -2.10. The van der Waals surface area contributed by atoms with Gasteiger partial charge in [0.1, 0.15) is 0 Å². The molecule has 0 fully saturated rings. The number of nitrogens with zero attached hydrogens (tertiary/aromatic N) is 1. The Labute approximate surface area is 139 Å². The molecular formula is C16H21N3O3S. The third-order valence-electron chi connectivity index (χ3n) is 3.24. The highest BCUT2D eigenvalue weighted by Gasteiger charge is 2.09. The number of carbonyl (C=O) groups is 1. The molecule has 0 aliphatic carbocycles. The summed E-state index contributed by atoms with van der Waals surface area (Å²) >= 11 is 1.54. The zero-order valence-electron chi connectivity index (χ0n) is 13.3. The lowest BCUT2D eigenvalue weighted by atomic mass is 10.2. The second-order valence-electron chi connectivity index (χ2n) is 4.91. The predicted molar refractivity (Wildman–Crippen MR) is 90.0 cm³/mol. The Morgan fingerprint density at radius 1 is 1.30 bits per heavy atom. The third-order valence-corrected chi connectivity index (χ3v) is 4.19. The lowest BCUT2D eigenvalue weighted by molar-refractivity contribution is -0.120. The van der Waals surface area contributed by atoms with Crippen molar-refractivity contribution in [3.05, 3.63) is 39.8 Å². The minimum atomic E-state index is -0.0654. The number of thiazole rings is 1. The molecule has 0 spiro atoms. The molecule has 23 heavy (non-hydrogen) atoms. The van der Waals surface area contributed by atoms with Gasteiger partial charge in [-0.05, 0) is 24.2 Å². The van der Waals surface area contributed by atoms with Crippen LogP contribution in [0.3, 0.4) is 0 Å². The van der Waals surface area contributed by atoms with E-state index in [1.165, 1.54) is 11.3 Å². The van der Waals surface area contributed by atoms with E-state index in [1.807, 2.05) is 23.6 Å². The number of ether oxygens (including phenoxy) is 2. The molecule has 1 amide bonds. The van der Waals surface area contributed by atoms with Gasteiger partial charge in [-0.2, -0.15) is 0 Å². The number of nitrogens with two attached hydrogens (primary N) is 1.